The van der Waals surface area contributed by atoms with Gasteiger partial charge in [-0.2, -0.15) is 0 Å². The van der Waals surface area contributed by atoms with E-state index in [-0.39, 0.29) is 11.8 Å². The number of carbonyl (C=O) groups excluding carboxylic acids is 2. The first kappa shape index (κ1) is 13.3. The summed E-state index contributed by atoms with van der Waals surface area (Å²) in [5, 5.41) is 1.84. The number of carbonyl (C=O) groups is 2. The van der Waals surface area contributed by atoms with Crippen LogP contribution in [0.15, 0.2) is 35.7 Å². The normalized spacial score (nSPS) is 10.0. The SMILES string of the molecule is Cc1ccccc1C(=O)NNC(=O)c1sccc1C. The molecule has 4 nitrogen and oxygen atoms in total. The third-order valence-corrected chi connectivity index (χ3v) is 3.76. The Labute approximate surface area is 115 Å². The maximum Gasteiger partial charge on any atom is 0.280 e. The van der Waals surface area contributed by atoms with E-state index in [0.29, 0.717) is 10.4 Å². The van der Waals surface area contributed by atoms with Gasteiger partial charge in [0, 0.05) is 5.56 Å². The molecule has 2 N–H and O–H groups in total. The van der Waals surface area contributed by atoms with Crippen LogP contribution in [-0.4, -0.2) is 11.8 Å². The molecule has 2 amide bonds. The Bertz CT molecular complexity index is 619. The molecule has 2 rings (SSSR count). The summed E-state index contributed by atoms with van der Waals surface area (Å²) in [7, 11) is 0. The monoisotopic (exact) mass is 274 g/mol. The van der Waals surface area contributed by atoms with Gasteiger partial charge in [-0.25, -0.2) is 0 Å². The highest BCUT2D eigenvalue weighted by Crippen LogP contribution is 2.14. The fourth-order valence-electron chi connectivity index (χ4n) is 1.67. The minimum atomic E-state index is -0.319. The van der Waals surface area contributed by atoms with Crippen LogP contribution in [0, 0.1) is 13.8 Å². The van der Waals surface area contributed by atoms with E-state index in [9.17, 15) is 9.59 Å². The largest absolute Gasteiger partial charge is 0.280 e. The van der Waals surface area contributed by atoms with Gasteiger partial charge < -0.3 is 0 Å². The summed E-state index contributed by atoms with van der Waals surface area (Å²) in [4.78, 5) is 24.3. The predicted octanol–water partition coefficient (Wildman–Crippen LogP) is 2.44. The lowest BCUT2D eigenvalue weighted by Gasteiger charge is -2.08. The van der Waals surface area contributed by atoms with Crippen LogP contribution in [0.25, 0.3) is 0 Å². The highest BCUT2D eigenvalue weighted by molar-refractivity contribution is 7.12. The Morgan fingerprint density at radius 2 is 1.63 bits per heavy atom. The quantitative estimate of drug-likeness (QED) is 0.826. The number of rotatable bonds is 2. The predicted molar refractivity (Wildman–Crippen MR) is 75.2 cm³/mol. The Morgan fingerprint density at radius 3 is 2.26 bits per heavy atom. The molecule has 0 aliphatic heterocycles. The fourth-order valence-corrected chi connectivity index (χ4v) is 2.49. The molecule has 0 radical (unpaired) electrons. The van der Waals surface area contributed by atoms with Gasteiger partial charge in [-0.3, -0.25) is 20.4 Å². The van der Waals surface area contributed by atoms with Crippen molar-refractivity contribution in [1.29, 1.82) is 0 Å². The van der Waals surface area contributed by atoms with Crippen LogP contribution in [0.5, 0.6) is 0 Å². The van der Waals surface area contributed by atoms with Crippen LogP contribution < -0.4 is 10.9 Å². The van der Waals surface area contributed by atoms with Crippen molar-refractivity contribution in [1.82, 2.24) is 10.9 Å². The van der Waals surface area contributed by atoms with Crippen LogP contribution in [0.4, 0.5) is 0 Å². The van der Waals surface area contributed by atoms with Crippen molar-refractivity contribution in [3.63, 3.8) is 0 Å². The zero-order chi connectivity index (χ0) is 13.8. The first-order valence-electron chi connectivity index (χ1n) is 5.80. The van der Waals surface area contributed by atoms with Crippen molar-refractivity contribution < 1.29 is 9.59 Å². The van der Waals surface area contributed by atoms with Crippen LogP contribution in [0.3, 0.4) is 0 Å². The number of amides is 2. The number of hydrazine groups is 1. The van der Waals surface area contributed by atoms with Crippen molar-refractivity contribution in [2.75, 3.05) is 0 Å². The van der Waals surface area contributed by atoms with E-state index in [1.807, 2.05) is 37.4 Å². The summed E-state index contributed by atoms with van der Waals surface area (Å²) in [6.07, 6.45) is 0. The van der Waals surface area contributed by atoms with E-state index in [1.54, 1.807) is 12.1 Å². The second-order valence-corrected chi connectivity index (χ2v) is 5.07. The summed E-state index contributed by atoms with van der Waals surface area (Å²) < 4.78 is 0. The average Bonchev–Trinajstić information content (AvgIpc) is 2.82. The number of hydrogen-bond acceptors (Lipinski definition) is 3. The van der Waals surface area contributed by atoms with Gasteiger partial charge in [0.25, 0.3) is 11.8 Å². The Kier molecular flexibility index (Phi) is 3.97. The highest BCUT2D eigenvalue weighted by Gasteiger charge is 2.12. The van der Waals surface area contributed by atoms with Gasteiger partial charge in [0.1, 0.15) is 0 Å². The van der Waals surface area contributed by atoms with Crippen molar-refractivity contribution in [2.24, 2.45) is 0 Å². The number of benzene rings is 1. The third-order valence-electron chi connectivity index (χ3n) is 2.75. The molecule has 0 spiro atoms. The molecule has 0 bridgehead atoms. The molecule has 1 aromatic carbocycles. The molecular weight excluding hydrogens is 260 g/mol. The Morgan fingerprint density at radius 1 is 0.947 bits per heavy atom. The van der Waals surface area contributed by atoms with E-state index in [0.717, 1.165) is 11.1 Å². The summed E-state index contributed by atoms with van der Waals surface area (Å²) >= 11 is 1.34. The lowest BCUT2D eigenvalue weighted by molar-refractivity contribution is 0.0848. The number of hydrogen-bond donors (Lipinski definition) is 2. The fraction of sp³-hybridized carbons (Fsp3) is 0.143. The van der Waals surface area contributed by atoms with Crippen molar-refractivity contribution in [3.05, 3.63) is 57.3 Å². The first-order valence-corrected chi connectivity index (χ1v) is 6.68. The number of thiophene rings is 1. The summed E-state index contributed by atoms with van der Waals surface area (Å²) in [5.74, 6) is -0.616. The molecule has 0 saturated heterocycles. The molecule has 5 heteroatoms. The molecule has 0 unspecified atom stereocenters. The Balaban J connectivity index is 2.00. The van der Waals surface area contributed by atoms with Gasteiger partial charge in [-0.05, 0) is 42.5 Å². The Hall–Kier alpha value is -2.14. The summed E-state index contributed by atoms with van der Waals surface area (Å²) in [6.45, 7) is 3.70. The second-order valence-electron chi connectivity index (χ2n) is 4.16. The molecule has 98 valence electrons. The minimum Gasteiger partial charge on any atom is -0.267 e. The minimum absolute atomic E-state index is 0.297. The van der Waals surface area contributed by atoms with Crippen LogP contribution in [0.1, 0.15) is 31.2 Å². The lowest BCUT2D eigenvalue weighted by Crippen LogP contribution is -2.41. The van der Waals surface area contributed by atoms with Gasteiger partial charge in [-0.15, -0.1) is 11.3 Å². The van der Waals surface area contributed by atoms with Crippen LogP contribution >= 0.6 is 11.3 Å². The van der Waals surface area contributed by atoms with Gasteiger partial charge >= 0.3 is 0 Å². The number of nitrogens with one attached hydrogen (secondary N) is 2. The molecular formula is C14H14N2O2S. The molecule has 1 heterocycles. The van der Waals surface area contributed by atoms with E-state index < -0.39 is 0 Å². The zero-order valence-corrected chi connectivity index (χ0v) is 11.5. The molecule has 19 heavy (non-hydrogen) atoms. The van der Waals surface area contributed by atoms with E-state index >= 15 is 0 Å². The topological polar surface area (TPSA) is 58.2 Å². The molecule has 0 atom stereocenters. The van der Waals surface area contributed by atoms with Crippen molar-refractivity contribution in [2.45, 2.75) is 13.8 Å². The second kappa shape index (κ2) is 5.67. The molecule has 0 aliphatic carbocycles. The standard InChI is InChI=1S/C14H14N2O2S/c1-9-5-3-4-6-11(9)13(17)15-16-14(18)12-10(2)7-8-19-12/h3-8H,1-2H3,(H,15,17)(H,16,18). The average molecular weight is 274 g/mol. The molecule has 0 fully saturated rings. The van der Waals surface area contributed by atoms with Gasteiger partial charge in [0.2, 0.25) is 0 Å². The van der Waals surface area contributed by atoms with E-state index in [1.165, 1.54) is 11.3 Å². The molecule has 0 aliphatic rings. The first-order chi connectivity index (χ1) is 9.09. The van der Waals surface area contributed by atoms with Crippen LogP contribution in [0.2, 0.25) is 0 Å². The van der Waals surface area contributed by atoms with Crippen molar-refractivity contribution in [3.8, 4) is 0 Å². The van der Waals surface area contributed by atoms with Crippen molar-refractivity contribution >= 4 is 23.2 Å². The molecule has 0 saturated carbocycles. The summed E-state index contributed by atoms with van der Waals surface area (Å²) in [5.41, 5.74) is 7.15. The number of aryl methyl sites for hydroxylation is 2. The van der Waals surface area contributed by atoms with Gasteiger partial charge in [0.05, 0.1) is 4.88 Å². The summed E-state index contributed by atoms with van der Waals surface area (Å²) in [6, 6.07) is 9.07. The zero-order valence-electron chi connectivity index (χ0n) is 10.7. The smallest absolute Gasteiger partial charge is 0.267 e. The molecule has 1 aromatic heterocycles. The lowest BCUT2D eigenvalue weighted by atomic mass is 10.1. The third kappa shape index (κ3) is 3.00. The van der Waals surface area contributed by atoms with Crippen LogP contribution in [-0.2, 0) is 0 Å². The maximum atomic E-state index is 11.9. The van der Waals surface area contributed by atoms with E-state index in [4.69, 9.17) is 0 Å². The highest BCUT2D eigenvalue weighted by atomic mass is 32.1. The molecule has 2 aromatic rings. The van der Waals surface area contributed by atoms with E-state index in [2.05, 4.69) is 10.9 Å². The maximum absolute atomic E-state index is 11.9. The van der Waals surface area contributed by atoms with Gasteiger partial charge in [-0.1, -0.05) is 18.2 Å². The van der Waals surface area contributed by atoms with Gasteiger partial charge in [0.15, 0.2) is 0 Å².